The van der Waals surface area contributed by atoms with Crippen LogP contribution in [0.15, 0.2) is 0 Å². The summed E-state index contributed by atoms with van der Waals surface area (Å²) >= 11 is 0. The van der Waals surface area contributed by atoms with Gasteiger partial charge in [0.15, 0.2) is 0 Å². The first-order chi connectivity index (χ1) is 5.95. The lowest BCUT2D eigenvalue weighted by atomic mass is 10.1. The van der Waals surface area contributed by atoms with E-state index in [9.17, 15) is 14.4 Å². The SMILES string of the molecule is CC(=O)OCCC(=O)C(C)C(=O)O. The fourth-order valence-corrected chi connectivity index (χ4v) is 0.650. The molecule has 0 radical (unpaired) electrons. The van der Waals surface area contributed by atoms with Crippen LogP contribution in [0.25, 0.3) is 0 Å². The summed E-state index contributed by atoms with van der Waals surface area (Å²) in [6.45, 7) is 2.48. The van der Waals surface area contributed by atoms with E-state index in [-0.39, 0.29) is 13.0 Å². The molecule has 0 amide bonds. The molecule has 1 atom stereocenters. The van der Waals surface area contributed by atoms with Crippen LogP contribution in [0.4, 0.5) is 0 Å². The van der Waals surface area contributed by atoms with Gasteiger partial charge in [-0.2, -0.15) is 0 Å². The van der Waals surface area contributed by atoms with Gasteiger partial charge in [0, 0.05) is 13.3 Å². The van der Waals surface area contributed by atoms with Crippen LogP contribution in [-0.4, -0.2) is 29.4 Å². The van der Waals surface area contributed by atoms with Gasteiger partial charge in [-0.05, 0) is 6.92 Å². The van der Waals surface area contributed by atoms with E-state index >= 15 is 0 Å². The Morgan fingerprint density at radius 3 is 2.31 bits per heavy atom. The van der Waals surface area contributed by atoms with Crippen LogP contribution in [0, 0.1) is 5.92 Å². The molecular formula is C8H12O5. The number of carbonyl (C=O) groups excluding carboxylic acids is 2. The van der Waals surface area contributed by atoms with E-state index in [0.717, 1.165) is 0 Å². The van der Waals surface area contributed by atoms with Gasteiger partial charge in [-0.1, -0.05) is 0 Å². The third-order valence-electron chi connectivity index (χ3n) is 1.51. The molecule has 0 heterocycles. The van der Waals surface area contributed by atoms with E-state index in [4.69, 9.17) is 5.11 Å². The van der Waals surface area contributed by atoms with E-state index in [1.54, 1.807) is 0 Å². The summed E-state index contributed by atoms with van der Waals surface area (Å²) < 4.78 is 4.49. The lowest BCUT2D eigenvalue weighted by molar-refractivity contribution is -0.146. The second kappa shape index (κ2) is 5.29. The van der Waals surface area contributed by atoms with Crippen molar-refractivity contribution in [2.75, 3.05) is 6.61 Å². The minimum atomic E-state index is -1.16. The average Bonchev–Trinajstić information content (AvgIpc) is 2.02. The molecule has 1 unspecified atom stereocenters. The number of carboxylic acids is 1. The van der Waals surface area contributed by atoms with Crippen molar-refractivity contribution < 1.29 is 24.2 Å². The number of hydrogen-bond acceptors (Lipinski definition) is 4. The smallest absolute Gasteiger partial charge is 0.313 e. The monoisotopic (exact) mass is 188 g/mol. The molecule has 0 rings (SSSR count). The zero-order valence-corrected chi connectivity index (χ0v) is 7.57. The molecule has 13 heavy (non-hydrogen) atoms. The van der Waals surface area contributed by atoms with Crippen molar-refractivity contribution in [3.05, 3.63) is 0 Å². The summed E-state index contributed by atoms with van der Waals surface area (Å²) in [5.74, 6) is -3.10. The van der Waals surface area contributed by atoms with E-state index in [1.807, 2.05) is 0 Å². The molecule has 74 valence electrons. The molecule has 0 aliphatic heterocycles. The van der Waals surface area contributed by atoms with Crippen molar-refractivity contribution in [1.29, 1.82) is 0 Å². The molecule has 5 heteroatoms. The number of ketones is 1. The second-order valence-corrected chi connectivity index (χ2v) is 2.62. The molecule has 0 saturated carbocycles. The second-order valence-electron chi connectivity index (χ2n) is 2.62. The number of carboxylic acid groups (broad SMARTS) is 1. The maximum atomic E-state index is 11.0. The molecule has 0 aromatic rings. The minimum absolute atomic E-state index is 0.0486. The Hall–Kier alpha value is -1.39. The van der Waals surface area contributed by atoms with Crippen molar-refractivity contribution in [3.8, 4) is 0 Å². The summed E-state index contributed by atoms with van der Waals surface area (Å²) in [6.07, 6.45) is -0.0486. The predicted octanol–water partition coefficient (Wildman–Crippen LogP) is 0.229. The summed E-state index contributed by atoms with van der Waals surface area (Å²) in [7, 11) is 0. The molecule has 5 nitrogen and oxygen atoms in total. The Morgan fingerprint density at radius 1 is 1.38 bits per heavy atom. The highest BCUT2D eigenvalue weighted by Gasteiger charge is 2.19. The van der Waals surface area contributed by atoms with Crippen LogP contribution in [0.2, 0.25) is 0 Å². The maximum absolute atomic E-state index is 11.0. The molecule has 0 aliphatic carbocycles. The number of aliphatic carboxylic acids is 1. The standard InChI is InChI=1S/C8H12O5/c1-5(8(11)12)7(10)3-4-13-6(2)9/h5H,3-4H2,1-2H3,(H,11,12). The Kier molecular flexibility index (Phi) is 4.72. The number of ether oxygens (including phenoxy) is 1. The third-order valence-corrected chi connectivity index (χ3v) is 1.51. The summed E-state index contributed by atoms with van der Waals surface area (Å²) in [4.78, 5) is 31.6. The largest absolute Gasteiger partial charge is 0.481 e. The van der Waals surface area contributed by atoms with Crippen molar-refractivity contribution in [2.45, 2.75) is 20.3 Å². The average molecular weight is 188 g/mol. The fourth-order valence-electron chi connectivity index (χ4n) is 0.650. The molecule has 0 bridgehead atoms. The molecular weight excluding hydrogens is 176 g/mol. The Labute approximate surface area is 75.7 Å². The first-order valence-corrected chi connectivity index (χ1v) is 3.84. The number of rotatable bonds is 5. The van der Waals surface area contributed by atoms with Gasteiger partial charge >= 0.3 is 11.9 Å². The molecule has 0 aromatic carbocycles. The molecule has 1 N–H and O–H groups in total. The van der Waals surface area contributed by atoms with Crippen LogP contribution in [0.5, 0.6) is 0 Å². The minimum Gasteiger partial charge on any atom is -0.481 e. The quantitative estimate of drug-likeness (QED) is 0.493. The van der Waals surface area contributed by atoms with Crippen LogP contribution >= 0.6 is 0 Å². The van der Waals surface area contributed by atoms with Gasteiger partial charge in [0.2, 0.25) is 0 Å². The van der Waals surface area contributed by atoms with Crippen LogP contribution in [-0.2, 0) is 19.1 Å². The van der Waals surface area contributed by atoms with Gasteiger partial charge in [0.05, 0.1) is 6.61 Å². The van der Waals surface area contributed by atoms with Crippen LogP contribution in [0.1, 0.15) is 20.3 Å². The van der Waals surface area contributed by atoms with Crippen molar-refractivity contribution in [2.24, 2.45) is 5.92 Å². The molecule has 0 fully saturated rings. The van der Waals surface area contributed by atoms with Gasteiger partial charge in [0.25, 0.3) is 0 Å². The van der Waals surface area contributed by atoms with E-state index < -0.39 is 23.6 Å². The fraction of sp³-hybridized carbons (Fsp3) is 0.625. The first kappa shape index (κ1) is 11.6. The molecule has 0 aromatic heterocycles. The topological polar surface area (TPSA) is 80.7 Å². The lowest BCUT2D eigenvalue weighted by Crippen LogP contribution is -2.21. The molecule has 0 spiro atoms. The van der Waals surface area contributed by atoms with Gasteiger partial charge in [-0.15, -0.1) is 0 Å². The van der Waals surface area contributed by atoms with E-state index in [2.05, 4.69) is 4.74 Å². The number of carbonyl (C=O) groups is 3. The number of esters is 1. The predicted molar refractivity (Wildman–Crippen MR) is 43.1 cm³/mol. The molecule has 0 aliphatic rings. The molecule has 0 saturated heterocycles. The van der Waals surface area contributed by atoms with Gasteiger partial charge in [-0.3, -0.25) is 14.4 Å². The normalized spacial score (nSPS) is 11.8. The highest BCUT2D eigenvalue weighted by Crippen LogP contribution is 2.00. The Balaban J connectivity index is 3.75. The van der Waals surface area contributed by atoms with Gasteiger partial charge in [0.1, 0.15) is 11.7 Å². The highest BCUT2D eigenvalue weighted by molar-refractivity contribution is 5.97. The van der Waals surface area contributed by atoms with Crippen LogP contribution < -0.4 is 0 Å². The summed E-state index contributed by atoms with van der Waals surface area (Å²) in [5, 5.41) is 8.43. The van der Waals surface area contributed by atoms with Crippen LogP contribution in [0.3, 0.4) is 0 Å². The van der Waals surface area contributed by atoms with Crippen molar-refractivity contribution in [3.63, 3.8) is 0 Å². The van der Waals surface area contributed by atoms with E-state index in [0.29, 0.717) is 0 Å². The number of Topliss-reactive ketones (excluding diaryl/α,β-unsaturated/α-hetero) is 1. The Bertz CT molecular complexity index is 221. The number of hydrogen-bond donors (Lipinski definition) is 1. The van der Waals surface area contributed by atoms with Gasteiger partial charge in [-0.25, -0.2) is 0 Å². The zero-order valence-electron chi connectivity index (χ0n) is 7.57. The summed E-state index contributed by atoms with van der Waals surface area (Å²) in [6, 6.07) is 0. The van der Waals surface area contributed by atoms with Crippen molar-refractivity contribution >= 4 is 17.7 Å². The highest BCUT2D eigenvalue weighted by atomic mass is 16.5. The zero-order chi connectivity index (χ0) is 10.4. The van der Waals surface area contributed by atoms with E-state index in [1.165, 1.54) is 13.8 Å². The lowest BCUT2D eigenvalue weighted by Gasteiger charge is -2.04. The van der Waals surface area contributed by atoms with Gasteiger partial charge < -0.3 is 9.84 Å². The maximum Gasteiger partial charge on any atom is 0.313 e. The van der Waals surface area contributed by atoms with Crippen molar-refractivity contribution in [1.82, 2.24) is 0 Å². The summed E-state index contributed by atoms with van der Waals surface area (Å²) in [5.41, 5.74) is 0. The Morgan fingerprint density at radius 2 is 1.92 bits per heavy atom. The first-order valence-electron chi connectivity index (χ1n) is 3.84. The third kappa shape index (κ3) is 4.95.